The summed E-state index contributed by atoms with van der Waals surface area (Å²) in [5.74, 6) is -0.357. The first-order valence-electron chi connectivity index (χ1n) is 8.35. The van der Waals surface area contributed by atoms with Crippen molar-refractivity contribution >= 4 is 12.7 Å². The van der Waals surface area contributed by atoms with Gasteiger partial charge in [-0.2, -0.15) is 0 Å². The van der Waals surface area contributed by atoms with Gasteiger partial charge in [0, 0.05) is 19.6 Å². The zero-order valence-corrected chi connectivity index (χ0v) is 14.2. The molecule has 0 bridgehead atoms. The van der Waals surface area contributed by atoms with Crippen LogP contribution in [0.1, 0.15) is 38.6 Å². The zero-order chi connectivity index (χ0) is 16.5. The van der Waals surface area contributed by atoms with Gasteiger partial charge in [0.25, 0.3) is 0 Å². The van der Waals surface area contributed by atoms with E-state index >= 15 is 0 Å². The summed E-state index contributed by atoms with van der Waals surface area (Å²) in [6, 6.07) is 10.0. The van der Waals surface area contributed by atoms with Crippen molar-refractivity contribution in [1.82, 2.24) is 4.81 Å². The molecule has 0 amide bonds. The lowest BCUT2D eigenvalue weighted by molar-refractivity contribution is -0.155. The minimum Gasteiger partial charge on any atom is -0.554 e. The van der Waals surface area contributed by atoms with E-state index in [2.05, 4.69) is 4.81 Å². The van der Waals surface area contributed by atoms with Crippen molar-refractivity contribution in [2.24, 2.45) is 0 Å². The largest absolute Gasteiger partial charge is 0.554 e. The van der Waals surface area contributed by atoms with E-state index in [1.807, 2.05) is 51.1 Å². The van der Waals surface area contributed by atoms with E-state index in [-0.39, 0.29) is 18.2 Å². The second-order valence-corrected chi connectivity index (χ2v) is 7.31. The molecule has 2 fully saturated rings. The average molecular weight is 318 g/mol. The number of nitrogens with zero attached hydrogens (tertiary/aromatic N) is 1. The highest BCUT2D eigenvalue weighted by Gasteiger charge is 2.49. The average Bonchev–Trinajstić information content (AvgIpc) is 3.04. The third-order valence-corrected chi connectivity index (χ3v) is 4.52. The maximum Gasteiger partial charge on any atom is 0.325 e. The van der Waals surface area contributed by atoms with Gasteiger partial charge in [-0.3, -0.25) is 4.79 Å². The Morgan fingerprint density at radius 3 is 2.39 bits per heavy atom. The lowest BCUT2D eigenvalue weighted by Crippen LogP contribution is -2.53. The minimum absolute atomic E-state index is 0.143. The number of fused-ring (bicyclic) bond motifs is 1. The molecule has 126 valence electrons. The van der Waals surface area contributed by atoms with Crippen molar-refractivity contribution in [3.05, 3.63) is 35.9 Å². The Balaban J connectivity index is 1.88. The van der Waals surface area contributed by atoms with Gasteiger partial charge in [-0.25, -0.2) is 0 Å². The smallest absolute Gasteiger partial charge is 0.325 e. The highest BCUT2D eigenvalue weighted by molar-refractivity contribution is 6.67. The molecule has 0 radical (unpaired) electrons. The van der Waals surface area contributed by atoms with Crippen LogP contribution in [0.4, 0.5) is 0 Å². The lowest BCUT2D eigenvalue weighted by Gasteiger charge is -2.43. The van der Waals surface area contributed by atoms with Crippen molar-refractivity contribution in [1.29, 1.82) is 0 Å². The van der Waals surface area contributed by atoms with Crippen LogP contribution in [-0.4, -0.2) is 49.4 Å². The molecule has 23 heavy (non-hydrogen) atoms. The van der Waals surface area contributed by atoms with Crippen molar-refractivity contribution in [2.45, 2.75) is 38.6 Å². The number of esters is 1. The van der Waals surface area contributed by atoms with Gasteiger partial charge < -0.3 is 18.9 Å². The summed E-state index contributed by atoms with van der Waals surface area (Å²) in [4.78, 5) is 14.7. The number of hydrogen-bond donors (Lipinski definition) is 0. The predicted octanol–water partition coefficient (Wildman–Crippen LogP) is 2.34. The van der Waals surface area contributed by atoms with Crippen LogP contribution in [0.25, 0.3) is 0 Å². The van der Waals surface area contributed by atoms with Crippen LogP contribution in [0.3, 0.4) is 0 Å². The molecule has 0 aromatic heterocycles. The zero-order valence-electron chi connectivity index (χ0n) is 14.2. The third-order valence-electron chi connectivity index (χ3n) is 4.52. The molecule has 1 atom stereocenters. The van der Waals surface area contributed by atoms with E-state index in [9.17, 15) is 4.79 Å². The van der Waals surface area contributed by atoms with E-state index < -0.39 is 12.3 Å². The van der Waals surface area contributed by atoms with Gasteiger partial charge in [-0.15, -0.1) is 0 Å². The Morgan fingerprint density at radius 1 is 1.22 bits per heavy atom. The number of carbonyl (C=O) groups is 1. The Hall–Kier alpha value is -1.37. The fourth-order valence-corrected chi connectivity index (χ4v) is 3.67. The first-order chi connectivity index (χ1) is 10.9. The third kappa shape index (κ3) is 3.44. The van der Waals surface area contributed by atoms with E-state index in [0.29, 0.717) is 13.2 Å². The molecule has 0 saturated carbocycles. The fraction of sp³-hybridized carbons (Fsp3) is 0.588. The van der Waals surface area contributed by atoms with Crippen molar-refractivity contribution in [3.8, 4) is 0 Å². The Bertz CT molecular complexity index is 547. The van der Waals surface area contributed by atoms with Crippen molar-refractivity contribution in [2.75, 3.05) is 26.3 Å². The number of ether oxygens (including phenoxy) is 1. The maximum absolute atomic E-state index is 12.4. The molecule has 1 unspecified atom stereocenters. The van der Waals surface area contributed by atoms with Crippen LogP contribution < -0.4 is 0 Å². The molecule has 1 aromatic carbocycles. The molecule has 0 spiro atoms. The molecule has 1 aromatic rings. The van der Waals surface area contributed by atoms with Crippen LogP contribution in [0.15, 0.2) is 30.3 Å². The first-order valence-corrected chi connectivity index (χ1v) is 8.35. The maximum atomic E-state index is 12.4. The van der Waals surface area contributed by atoms with E-state index in [0.717, 1.165) is 18.7 Å². The first kappa shape index (κ1) is 16.5. The van der Waals surface area contributed by atoms with Crippen LogP contribution >= 0.6 is 0 Å². The van der Waals surface area contributed by atoms with Gasteiger partial charge >= 0.3 is 12.7 Å². The van der Waals surface area contributed by atoms with Crippen LogP contribution in [-0.2, 0) is 18.8 Å². The Labute approximate surface area is 137 Å². The summed E-state index contributed by atoms with van der Waals surface area (Å²) >= 11 is 0. The Morgan fingerprint density at radius 2 is 1.83 bits per heavy atom. The van der Waals surface area contributed by atoms with Gasteiger partial charge in [0.05, 0.1) is 0 Å². The van der Waals surface area contributed by atoms with Gasteiger partial charge in [-0.05, 0) is 33.9 Å². The number of hydrogen-bond acceptors (Lipinski definition) is 5. The molecule has 0 N–H and O–H groups in total. The lowest BCUT2D eigenvalue weighted by atomic mass is 9.54. The summed E-state index contributed by atoms with van der Waals surface area (Å²) in [6.07, 6.45) is 0.262. The molecule has 0 aliphatic carbocycles. The monoisotopic (exact) mass is 318 g/mol. The van der Waals surface area contributed by atoms with Crippen LogP contribution in [0.2, 0.25) is 0 Å². The quantitative estimate of drug-likeness (QED) is 0.630. The second-order valence-electron chi connectivity index (χ2n) is 7.31. The van der Waals surface area contributed by atoms with E-state index in [1.54, 1.807) is 0 Å². The predicted molar refractivity (Wildman–Crippen MR) is 88.9 cm³/mol. The minimum atomic E-state index is -1.62. The normalized spacial score (nSPS) is 21.9. The van der Waals surface area contributed by atoms with Gasteiger partial charge in [0.1, 0.15) is 5.60 Å². The summed E-state index contributed by atoms with van der Waals surface area (Å²) in [5.41, 5.74) is 0.572. The van der Waals surface area contributed by atoms with Crippen molar-refractivity contribution < 1.29 is 18.8 Å². The highest BCUT2D eigenvalue weighted by Crippen LogP contribution is 2.40. The van der Waals surface area contributed by atoms with Crippen molar-refractivity contribution in [3.63, 3.8) is 0 Å². The molecular formula is C17H25BNO4-. The van der Waals surface area contributed by atoms with Crippen LogP contribution in [0.5, 0.6) is 0 Å². The van der Waals surface area contributed by atoms with Gasteiger partial charge in [-0.1, -0.05) is 41.7 Å². The summed E-state index contributed by atoms with van der Waals surface area (Å²) in [5, 5.41) is 0. The molecule has 5 nitrogen and oxygen atoms in total. The molecule has 3 rings (SSSR count). The molecular weight excluding hydrogens is 293 g/mol. The van der Waals surface area contributed by atoms with Gasteiger partial charge in [0.15, 0.2) is 0 Å². The highest BCUT2D eigenvalue weighted by atomic mass is 16.6. The molecule has 2 aliphatic rings. The molecule has 2 aliphatic heterocycles. The number of benzene rings is 1. The fourth-order valence-electron chi connectivity index (χ4n) is 3.67. The second kappa shape index (κ2) is 6.26. The topological polar surface area (TPSA) is 48.0 Å². The molecule has 6 heteroatoms. The summed E-state index contributed by atoms with van der Waals surface area (Å²) in [6.45, 7) is 7.06. The Kier molecular flexibility index (Phi) is 4.49. The summed E-state index contributed by atoms with van der Waals surface area (Å²) < 4.78 is 17.7. The number of carbonyl (C=O) groups excluding carboxylic acids is 1. The van der Waals surface area contributed by atoms with Crippen LogP contribution in [0, 0.1) is 0 Å². The molecule has 2 saturated heterocycles. The van der Waals surface area contributed by atoms with E-state index in [1.165, 1.54) is 0 Å². The molecule has 2 heterocycles. The number of rotatable bonds is 4. The van der Waals surface area contributed by atoms with Gasteiger partial charge in [0.2, 0.25) is 0 Å². The standard InChI is InChI=1S/C17H25BNO4/c1-17(2,3)23-16(20)13-15(14-7-5-4-6-8-14)18-19(9-11-21-18)10-12-22-18/h4-8,15H,9-13H2,1-3H3/q-1. The summed E-state index contributed by atoms with van der Waals surface area (Å²) in [7, 11) is 0. The SMILES string of the molecule is CC(C)(C)OC(=O)CC(c1ccccc1)[B-]12OCCN1CCO2. The van der Waals surface area contributed by atoms with E-state index in [4.69, 9.17) is 14.0 Å².